The monoisotopic (exact) mass is 408 g/mol. The van der Waals surface area contributed by atoms with Gasteiger partial charge in [0.25, 0.3) is 0 Å². The lowest BCUT2D eigenvalue weighted by molar-refractivity contribution is -0.0285. The molecular weight excluding hydrogens is 376 g/mol. The van der Waals surface area contributed by atoms with Crippen LogP contribution in [-0.4, -0.2) is 56.4 Å². The van der Waals surface area contributed by atoms with E-state index in [1.54, 1.807) is 0 Å². The smallest absolute Gasteiger partial charge is 0.319 e. The van der Waals surface area contributed by atoms with E-state index in [1.165, 1.54) is 30.5 Å². The highest BCUT2D eigenvalue weighted by Gasteiger charge is 2.21. The van der Waals surface area contributed by atoms with Gasteiger partial charge in [-0.1, -0.05) is 36.4 Å². The van der Waals surface area contributed by atoms with Gasteiger partial charge in [-0.25, -0.2) is 4.79 Å². The van der Waals surface area contributed by atoms with Gasteiger partial charge in [-0.3, -0.25) is 4.90 Å². The number of morpholine rings is 1. The molecule has 2 N–H and O–H groups in total. The molecule has 2 aromatic rings. The van der Waals surface area contributed by atoms with Gasteiger partial charge in [0.1, 0.15) is 0 Å². The maximum Gasteiger partial charge on any atom is 0.319 e. The molecule has 6 heteroatoms. The van der Waals surface area contributed by atoms with Crippen LogP contribution in [0.5, 0.6) is 0 Å². The molecule has 2 heterocycles. The Morgan fingerprint density at radius 1 is 1.00 bits per heavy atom. The van der Waals surface area contributed by atoms with Crippen molar-refractivity contribution in [3.05, 3.63) is 60.2 Å². The summed E-state index contributed by atoms with van der Waals surface area (Å²) in [4.78, 5) is 17.2. The minimum absolute atomic E-state index is 0.00731. The van der Waals surface area contributed by atoms with Crippen LogP contribution >= 0.6 is 0 Å². The van der Waals surface area contributed by atoms with E-state index in [-0.39, 0.29) is 12.1 Å². The van der Waals surface area contributed by atoms with E-state index in [0.717, 1.165) is 38.4 Å². The third kappa shape index (κ3) is 5.97. The Kier molecular flexibility index (Phi) is 7.21. The summed E-state index contributed by atoms with van der Waals surface area (Å²) in [6.45, 7) is 6.03. The fraction of sp³-hybridized carbons (Fsp3) is 0.458. The van der Waals surface area contributed by atoms with Gasteiger partial charge in [0.2, 0.25) is 0 Å². The zero-order chi connectivity index (χ0) is 20.6. The number of anilines is 2. The van der Waals surface area contributed by atoms with Crippen molar-refractivity contribution >= 4 is 17.4 Å². The number of hydrogen-bond donors (Lipinski definition) is 2. The Labute approximate surface area is 179 Å². The van der Waals surface area contributed by atoms with Gasteiger partial charge in [-0.15, -0.1) is 0 Å². The number of ether oxygens (including phenoxy) is 1. The summed E-state index contributed by atoms with van der Waals surface area (Å²) < 4.78 is 5.85. The SMILES string of the molecule is O=C(NCC1CN(Cc2ccccc2)CCO1)Nc1cccc(N2CCCCC2)c1. The number of urea groups is 1. The summed E-state index contributed by atoms with van der Waals surface area (Å²) >= 11 is 0. The predicted molar refractivity (Wildman–Crippen MR) is 121 cm³/mol. The maximum atomic E-state index is 12.4. The lowest BCUT2D eigenvalue weighted by atomic mass is 10.1. The van der Waals surface area contributed by atoms with Crippen molar-refractivity contribution < 1.29 is 9.53 Å². The first-order valence-electron chi connectivity index (χ1n) is 11.0. The van der Waals surface area contributed by atoms with Gasteiger partial charge < -0.3 is 20.3 Å². The first-order chi connectivity index (χ1) is 14.8. The van der Waals surface area contributed by atoms with Crippen molar-refractivity contribution in [1.82, 2.24) is 10.2 Å². The molecule has 2 saturated heterocycles. The lowest BCUT2D eigenvalue weighted by Gasteiger charge is -2.33. The van der Waals surface area contributed by atoms with Crippen LogP contribution in [0, 0.1) is 0 Å². The fourth-order valence-electron chi connectivity index (χ4n) is 4.20. The molecule has 4 rings (SSSR count). The number of amides is 2. The highest BCUT2D eigenvalue weighted by Crippen LogP contribution is 2.23. The topological polar surface area (TPSA) is 56.8 Å². The summed E-state index contributed by atoms with van der Waals surface area (Å²) in [5.74, 6) is 0. The van der Waals surface area contributed by atoms with Crippen LogP contribution in [0.2, 0.25) is 0 Å². The maximum absolute atomic E-state index is 12.4. The molecule has 0 aliphatic carbocycles. The van der Waals surface area contributed by atoms with Gasteiger partial charge in [-0.05, 0) is 43.0 Å². The average Bonchev–Trinajstić information content (AvgIpc) is 2.79. The number of nitrogens with one attached hydrogen (secondary N) is 2. The van der Waals surface area contributed by atoms with Crippen molar-refractivity contribution in [3.63, 3.8) is 0 Å². The Bertz CT molecular complexity index is 808. The molecule has 6 nitrogen and oxygen atoms in total. The second-order valence-electron chi connectivity index (χ2n) is 8.15. The fourth-order valence-corrected chi connectivity index (χ4v) is 4.20. The quantitative estimate of drug-likeness (QED) is 0.765. The van der Waals surface area contributed by atoms with E-state index >= 15 is 0 Å². The number of rotatable bonds is 6. The number of piperidine rings is 1. The molecular formula is C24H32N4O2. The number of nitrogens with zero attached hydrogens (tertiary/aromatic N) is 2. The second kappa shape index (κ2) is 10.5. The van der Waals surface area contributed by atoms with Crippen LogP contribution in [-0.2, 0) is 11.3 Å². The first kappa shape index (κ1) is 20.7. The third-order valence-corrected chi connectivity index (χ3v) is 5.79. The van der Waals surface area contributed by atoms with Crippen LogP contribution in [0.15, 0.2) is 54.6 Å². The molecule has 2 fully saturated rings. The van der Waals surface area contributed by atoms with E-state index in [1.807, 2.05) is 18.2 Å². The summed E-state index contributed by atoms with van der Waals surface area (Å²) in [5, 5.41) is 5.94. The number of hydrogen-bond acceptors (Lipinski definition) is 4. The Hall–Kier alpha value is -2.57. The Morgan fingerprint density at radius 2 is 1.83 bits per heavy atom. The first-order valence-corrected chi connectivity index (χ1v) is 11.0. The molecule has 0 saturated carbocycles. The summed E-state index contributed by atoms with van der Waals surface area (Å²) in [6.07, 6.45) is 3.79. The van der Waals surface area contributed by atoms with Crippen molar-refractivity contribution in [3.8, 4) is 0 Å². The zero-order valence-corrected chi connectivity index (χ0v) is 17.6. The van der Waals surface area contributed by atoms with Crippen molar-refractivity contribution in [2.45, 2.75) is 31.9 Å². The Morgan fingerprint density at radius 3 is 2.67 bits per heavy atom. The van der Waals surface area contributed by atoms with Crippen LogP contribution in [0.4, 0.5) is 16.2 Å². The molecule has 2 aliphatic heterocycles. The second-order valence-corrected chi connectivity index (χ2v) is 8.15. The van der Waals surface area contributed by atoms with Gasteiger partial charge in [0.15, 0.2) is 0 Å². The van der Waals surface area contributed by atoms with Crippen LogP contribution < -0.4 is 15.5 Å². The summed E-state index contributed by atoms with van der Waals surface area (Å²) in [7, 11) is 0. The largest absolute Gasteiger partial charge is 0.374 e. The van der Waals surface area contributed by atoms with Crippen molar-refractivity contribution in [1.29, 1.82) is 0 Å². The van der Waals surface area contributed by atoms with E-state index in [2.05, 4.69) is 56.8 Å². The Balaban J connectivity index is 1.23. The van der Waals surface area contributed by atoms with Gasteiger partial charge >= 0.3 is 6.03 Å². The molecule has 2 amide bonds. The van der Waals surface area contributed by atoms with Gasteiger partial charge in [-0.2, -0.15) is 0 Å². The molecule has 0 radical (unpaired) electrons. The van der Waals surface area contributed by atoms with Gasteiger partial charge in [0.05, 0.1) is 12.7 Å². The van der Waals surface area contributed by atoms with E-state index in [0.29, 0.717) is 13.2 Å². The van der Waals surface area contributed by atoms with Crippen LogP contribution in [0.3, 0.4) is 0 Å². The molecule has 0 bridgehead atoms. The normalized spacial score (nSPS) is 20.0. The molecule has 1 unspecified atom stereocenters. The van der Waals surface area contributed by atoms with Gasteiger partial charge in [0, 0.05) is 50.6 Å². The summed E-state index contributed by atoms with van der Waals surface area (Å²) in [6, 6.07) is 18.4. The predicted octanol–water partition coefficient (Wildman–Crippen LogP) is 3.70. The number of carbonyl (C=O) groups excluding carboxylic acids is 1. The van der Waals surface area contributed by atoms with Crippen LogP contribution in [0.25, 0.3) is 0 Å². The number of benzene rings is 2. The molecule has 2 aliphatic rings. The molecule has 2 aromatic carbocycles. The summed E-state index contributed by atoms with van der Waals surface area (Å²) in [5.41, 5.74) is 3.31. The minimum atomic E-state index is -0.186. The standard InChI is InChI=1S/C24H32N4O2/c29-24(26-21-10-7-11-22(16-21)28-12-5-2-6-13-28)25-17-23-19-27(14-15-30-23)18-20-8-3-1-4-9-20/h1,3-4,7-11,16,23H,2,5-6,12-15,17-19H2,(H2,25,26,29). The molecule has 0 spiro atoms. The molecule has 30 heavy (non-hydrogen) atoms. The number of carbonyl (C=O) groups is 1. The third-order valence-electron chi connectivity index (χ3n) is 5.79. The zero-order valence-electron chi connectivity index (χ0n) is 17.6. The minimum Gasteiger partial charge on any atom is -0.374 e. The van der Waals surface area contributed by atoms with Crippen molar-refractivity contribution in [2.75, 3.05) is 49.5 Å². The van der Waals surface area contributed by atoms with Crippen molar-refractivity contribution in [2.24, 2.45) is 0 Å². The highest BCUT2D eigenvalue weighted by atomic mass is 16.5. The lowest BCUT2D eigenvalue weighted by Crippen LogP contribution is -2.47. The molecule has 0 aromatic heterocycles. The molecule has 160 valence electrons. The van der Waals surface area contributed by atoms with E-state index in [4.69, 9.17) is 4.74 Å². The average molecular weight is 409 g/mol. The highest BCUT2D eigenvalue weighted by molar-refractivity contribution is 5.89. The van der Waals surface area contributed by atoms with E-state index < -0.39 is 0 Å². The van der Waals surface area contributed by atoms with E-state index in [9.17, 15) is 4.79 Å². The van der Waals surface area contributed by atoms with Crippen LogP contribution in [0.1, 0.15) is 24.8 Å². The molecule has 1 atom stereocenters.